The van der Waals surface area contributed by atoms with Gasteiger partial charge in [0.25, 0.3) is 11.8 Å². The van der Waals surface area contributed by atoms with E-state index in [1.54, 1.807) is 31.2 Å². The largest absolute Gasteiger partial charge is 0.416 e. The van der Waals surface area contributed by atoms with Crippen molar-refractivity contribution in [3.8, 4) is 0 Å². The van der Waals surface area contributed by atoms with Gasteiger partial charge >= 0.3 is 6.18 Å². The molecule has 2 amide bonds. The van der Waals surface area contributed by atoms with E-state index in [2.05, 4.69) is 25.5 Å². The monoisotopic (exact) mass is 592 g/mol. The van der Waals surface area contributed by atoms with E-state index >= 15 is 0 Å². The van der Waals surface area contributed by atoms with Gasteiger partial charge in [0, 0.05) is 61.8 Å². The Morgan fingerprint density at radius 2 is 1.65 bits per heavy atom. The Balaban J connectivity index is 1.31. The number of aromatic nitrogens is 2. The van der Waals surface area contributed by atoms with Gasteiger partial charge in [0.2, 0.25) is 0 Å². The van der Waals surface area contributed by atoms with Gasteiger partial charge in [-0.25, -0.2) is 4.98 Å². The van der Waals surface area contributed by atoms with Crippen LogP contribution < -0.4 is 10.6 Å². The first-order valence-electron chi connectivity index (χ1n) is 13.7. The number of alkyl halides is 3. The fourth-order valence-electron chi connectivity index (χ4n) is 4.99. The van der Waals surface area contributed by atoms with Crippen LogP contribution in [0.1, 0.15) is 54.8 Å². The van der Waals surface area contributed by atoms with Crippen LogP contribution in [0.25, 0.3) is 11.0 Å². The molecule has 0 atom stereocenters. The number of ketones is 1. The number of benzene rings is 2. The highest BCUT2D eigenvalue weighted by molar-refractivity contribution is 6.08. The number of halogens is 3. The number of rotatable bonds is 7. The Labute approximate surface area is 246 Å². The average Bonchev–Trinajstić information content (AvgIpc) is 3.39. The molecule has 12 heteroatoms. The van der Waals surface area contributed by atoms with Gasteiger partial charge in [0.1, 0.15) is 5.65 Å². The zero-order chi connectivity index (χ0) is 30.9. The molecule has 0 spiro atoms. The number of nitrogens with one attached hydrogen (secondary N) is 3. The van der Waals surface area contributed by atoms with Gasteiger partial charge in [-0.3, -0.25) is 19.3 Å². The normalized spacial score (nSPS) is 14.6. The van der Waals surface area contributed by atoms with Crippen LogP contribution in [-0.2, 0) is 12.7 Å². The van der Waals surface area contributed by atoms with Gasteiger partial charge in [0.15, 0.2) is 5.78 Å². The number of anilines is 2. The van der Waals surface area contributed by atoms with Crippen molar-refractivity contribution in [1.82, 2.24) is 19.8 Å². The number of carbonyl (C=O) groups is 3. The third-order valence-electron chi connectivity index (χ3n) is 7.51. The van der Waals surface area contributed by atoms with Gasteiger partial charge in [-0.05, 0) is 61.5 Å². The second kappa shape index (κ2) is 12.0. The van der Waals surface area contributed by atoms with Crippen molar-refractivity contribution >= 4 is 40.0 Å². The van der Waals surface area contributed by atoms with Crippen molar-refractivity contribution < 1.29 is 27.6 Å². The molecule has 9 nitrogen and oxygen atoms in total. The van der Waals surface area contributed by atoms with E-state index in [1.807, 2.05) is 11.9 Å². The highest BCUT2D eigenvalue weighted by Crippen LogP contribution is 2.34. The maximum Gasteiger partial charge on any atom is 0.416 e. The van der Waals surface area contributed by atoms with Crippen LogP contribution in [0.4, 0.5) is 24.5 Å². The van der Waals surface area contributed by atoms with Crippen molar-refractivity contribution in [3.63, 3.8) is 0 Å². The van der Waals surface area contributed by atoms with Crippen molar-refractivity contribution in [2.45, 2.75) is 26.6 Å². The molecule has 1 fully saturated rings. The maximum atomic E-state index is 14.0. The molecule has 0 bridgehead atoms. The Morgan fingerprint density at radius 3 is 2.35 bits per heavy atom. The Kier molecular flexibility index (Phi) is 8.34. The molecule has 0 radical (unpaired) electrons. The number of nitrogens with zero attached hydrogens (tertiary/aromatic N) is 3. The number of hydrogen-bond acceptors (Lipinski definition) is 6. The fourth-order valence-corrected chi connectivity index (χ4v) is 4.99. The zero-order valence-corrected chi connectivity index (χ0v) is 23.9. The Hall–Kier alpha value is -4.55. The highest BCUT2D eigenvalue weighted by atomic mass is 19.4. The molecule has 0 saturated carbocycles. The van der Waals surface area contributed by atoms with Gasteiger partial charge in [0.05, 0.1) is 23.1 Å². The second-order valence-corrected chi connectivity index (χ2v) is 10.8. The molecule has 1 aliphatic rings. The summed E-state index contributed by atoms with van der Waals surface area (Å²) in [6.45, 7) is 6.18. The van der Waals surface area contributed by atoms with Gasteiger partial charge < -0.3 is 20.5 Å². The summed E-state index contributed by atoms with van der Waals surface area (Å²) < 4.78 is 42.0. The topological polar surface area (TPSA) is 110 Å². The predicted molar refractivity (Wildman–Crippen MR) is 157 cm³/mol. The number of pyridine rings is 1. The smallest absolute Gasteiger partial charge is 0.337 e. The first-order valence-corrected chi connectivity index (χ1v) is 13.7. The van der Waals surface area contributed by atoms with E-state index in [-0.39, 0.29) is 34.7 Å². The lowest BCUT2D eigenvalue weighted by Gasteiger charge is -2.33. The Bertz CT molecular complexity index is 1710. The van der Waals surface area contributed by atoms with E-state index in [1.165, 1.54) is 31.3 Å². The van der Waals surface area contributed by atoms with Gasteiger partial charge in [-0.15, -0.1) is 0 Å². The molecule has 0 unspecified atom stereocenters. The first kappa shape index (κ1) is 29.9. The fraction of sp³-hybridized carbons (Fsp3) is 0.290. The molecule has 3 heterocycles. The number of H-pyrrole nitrogens is 1. The number of fused-ring (bicyclic) bond motifs is 1. The highest BCUT2D eigenvalue weighted by Gasteiger charge is 2.34. The van der Waals surface area contributed by atoms with Gasteiger partial charge in [-0.1, -0.05) is 12.1 Å². The van der Waals surface area contributed by atoms with E-state index < -0.39 is 23.6 Å². The lowest BCUT2D eigenvalue weighted by atomic mass is 10.0. The molecule has 1 saturated heterocycles. The summed E-state index contributed by atoms with van der Waals surface area (Å²) in [5.74, 6) is -1.34. The minimum atomic E-state index is -4.63. The summed E-state index contributed by atoms with van der Waals surface area (Å²) in [6.07, 6.45) is -3.17. The summed E-state index contributed by atoms with van der Waals surface area (Å²) in [5.41, 5.74) is 1.57. The molecule has 0 aliphatic carbocycles. The molecule has 2 aromatic carbocycles. The minimum absolute atomic E-state index is 0.118. The van der Waals surface area contributed by atoms with E-state index in [0.29, 0.717) is 41.1 Å². The summed E-state index contributed by atoms with van der Waals surface area (Å²) in [6, 6.07) is 11.6. The molecule has 224 valence electrons. The van der Waals surface area contributed by atoms with Gasteiger partial charge in [-0.2, -0.15) is 13.2 Å². The predicted octanol–water partition coefficient (Wildman–Crippen LogP) is 5.34. The van der Waals surface area contributed by atoms with E-state index in [4.69, 9.17) is 0 Å². The number of aromatic amines is 1. The number of carbonyl (C=O) groups excluding carboxylic acids is 3. The molecular formula is C31H31F3N6O3. The van der Waals surface area contributed by atoms with Crippen LogP contribution in [0.2, 0.25) is 0 Å². The average molecular weight is 593 g/mol. The molecular weight excluding hydrogens is 561 g/mol. The standard InChI is InChI=1S/C31H31F3N6O3/c1-18-4-7-23(15-25(18)30(43)37-24-12-22-14-27(19(2)41)38-28(22)35-16-24)36-29(42)20-5-6-21(26(13-20)31(32,33)34)17-40-10-8-39(3)9-11-40/h4-7,12-16H,8-11,17H2,1-3H3,(H,35,38)(H,36,42)(H,37,43). The Morgan fingerprint density at radius 1 is 0.930 bits per heavy atom. The number of piperazine rings is 1. The second-order valence-electron chi connectivity index (χ2n) is 10.8. The number of likely N-dealkylation sites (N-methyl/N-ethyl adjacent to an activating group) is 1. The third kappa shape index (κ3) is 6.92. The lowest BCUT2D eigenvalue weighted by molar-refractivity contribution is -0.138. The van der Waals surface area contributed by atoms with Crippen molar-refractivity contribution in [2.24, 2.45) is 0 Å². The van der Waals surface area contributed by atoms with Crippen molar-refractivity contribution in [3.05, 3.63) is 88.2 Å². The summed E-state index contributed by atoms with van der Waals surface area (Å²) in [7, 11) is 1.98. The lowest BCUT2D eigenvalue weighted by Crippen LogP contribution is -2.44. The third-order valence-corrected chi connectivity index (χ3v) is 7.51. The molecule has 1 aliphatic heterocycles. The van der Waals surface area contributed by atoms with Crippen LogP contribution in [0.5, 0.6) is 0 Å². The summed E-state index contributed by atoms with van der Waals surface area (Å²) >= 11 is 0. The maximum absolute atomic E-state index is 14.0. The minimum Gasteiger partial charge on any atom is -0.337 e. The first-order chi connectivity index (χ1) is 20.4. The summed E-state index contributed by atoms with van der Waals surface area (Å²) in [4.78, 5) is 49.1. The SMILES string of the molecule is CC(=O)c1cc2cc(NC(=O)c3cc(NC(=O)c4ccc(CN5CCN(C)CC5)c(C(F)(F)F)c4)ccc3C)cnc2[nH]1. The van der Waals surface area contributed by atoms with E-state index in [9.17, 15) is 27.6 Å². The number of amides is 2. The number of hydrogen-bond donors (Lipinski definition) is 3. The number of aryl methyl sites for hydroxylation is 1. The van der Waals surface area contributed by atoms with Crippen molar-refractivity contribution in [1.29, 1.82) is 0 Å². The summed E-state index contributed by atoms with van der Waals surface area (Å²) in [5, 5.41) is 6.03. The molecule has 4 aromatic rings. The van der Waals surface area contributed by atoms with Crippen LogP contribution in [0.15, 0.2) is 54.7 Å². The van der Waals surface area contributed by atoms with Crippen LogP contribution in [0, 0.1) is 6.92 Å². The van der Waals surface area contributed by atoms with Crippen LogP contribution in [-0.4, -0.2) is 70.6 Å². The molecule has 5 rings (SSSR count). The zero-order valence-electron chi connectivity index (χ0n) is 23.9. The van der Waals surface area contributed by atoms with Crippen LogP contribution >= 0.6 is 0 Å². The van der Waals surface area contributed by atoms with E-state index in [0.717, 1.165) is 19.2 Å². The molecule has 43 heavy (non-hydrogen) atoms. The quantitative estimate of drug-likeness (QED) is 0.250. The van der Waals surface area contributed by atoms with Crippen LogP contribution in [0.3, 0.4) is 0 Å². The van der Waals surface area contributed by atoms with Crippen molar-refractivity contribution in [2.75, 3.05) is 43.9 Å². The number of Topliss-reactive ketones (excluding diaryl/α,β-unsaturated/α-hetero) is 1. The molecule has 3 N–H and O–H groups in total. The molecule has 2 aromatic heterocycles.